The third kappa shape index (κ3) is 10.2. The van der Waals surface area contributed by atoms with Crippen molar-refractivity contribution in [1.29, 1.82) is 0 Å². The van der Waals surface area contributed by atoms with Gasteiger partial charge in [-0.05, 0) is 38.8 Å². The number of hydrogen-bond acceptors (Lipinski definition) is 2. The van der Waals surface area contributed by atoms with E-state index in [0.717, 1.165) is 0 Å². The Morgan fingerprint density at radius 2 is 1.69 bits per heavy atom. The second-order valence-electron chi connectivity index (χ2n) is 3.69. The summed E-state index contributed by atoms with van der Waals surface area (Å²) in [5.74, 6) is 0. The minimum absolute atomic E-state index is 0.623. The van der Waals surface area contributed by atoms with Crippen molar-refractivity contribution >= 4 is 12.6 Å². The summed E-state index contributed by atoms with van der Waals surface area (Å²) in [5.41, 5.74) is 0. The van der Waals surface area contributed by atoms with Crippen molar-refractivity contribution in [3.05, 3.63) is 0 Å². The van der Waals surface area contributed by atoms with Crippen LogP contribution in [0.25, 0.3) is 0 Å². The van der Waals surface area contributed by atoms with E-state index in [1.165, 1.54) is 51.6 Å². The molecule has 0 aliphatic heterocycles. The molecule has 1 N–H and O–H groups in total. The Balaban J connectivity index is 2.97. The van der Waals surface area contributed by atoms with Crippen molar-refractivity contribution in [2.24, 2.45) is 0 Å². The van der Waals surface area contributed by atoms with E-state index in [1.54, 1.807) is 0 Å². The van der Waals surface area contributed by atoms with Crippen molar-refractivity contribution in [2.75, 3.05) is 13.1 Å². The molecule has 0 spiro atoms. The first kappa shape index (κ1) is 13.3. The van der Waals surface area contributed by atoms with Gasteiger partial charge in [0.25, 0.3) is 0 Å². The standard InChI is InChI=1S/C11H25NS/c1-3-5-9-12-10-6-8-11(13)7-4-2/h11-13H,3-10H2,1-2H3. The quantitative estimate of drug-likeness (QED) is 0.433. The van der Waals surface area contributed by atoms with Gasteiger partial charge in [-0.3, -0.25) is 0 Å². The minimum atomic E-state index is 0.623. The molecular weight excluding hydrogens is 178 g/mol. The Morgan fingerprint density at radius 1 is 1.00 bits per heavy atom. The maximum atomic E-state index is 4.53. The average Bonchev–Trinajstić information content (AvgIpc) is 2.11. The van der Waals surface area contributed by atoms with Crippen molar-refractivity contribution in [2.45, 2.75) is 57.6 Å². The van der Waals surface area contributed by atoms with Gasteiger partial charge in [-0.25, -0.2) is 0 Å². The lowest BCUT2D eigenvalue weighted by Crippen LogP contribution is -2.17. The van der Waals surface area contributed by atoms with Crippen LogP contribution in [0.1, 0.15) is 52.4 Å². The minimum Gasteiger partial charge on any atom is -0.317 e. The third-order valence-corrected chi connectivity index (χ3v) is 2.74. The zero-order valence-corrected chi connectivity index (χ0v) is 10.1. The zero-order chi connectivity index (χ0) is 9.94. The van der Waals surface area contributed by atoms with Crippen LogP contribution in [0, 0.1) is 0 Å². The second-order valence-corrected chi connectivity index (χ2v) is 4.42. The maximum Gasteiger partial charge on any atom is 0.00171 e. The van der Waals surface area contributed by atoms with E-state index in [2.05, 4.69) is 31.8 Å². The Hall–Kier alpha value is 0.310. The molecule has 1 atom stereocenters. The van der Waals surface area contributed by atoms with Crippen LogP contribution in [0.3, 0.4) is 0 Å². The van der Waals surface area contributed by atoms with Crippen LogP contribution < -0.4 is 5.32 Å². The molecule has 0 amide bonds. The first-order valence-electron chi connectivity index (χ1n) is 5.70. The highest BCUT2D eigenvalue weighted by Gasteiger charge is 1.99. The molecule has 0 saturated carbocycles. The molecule has 0 fully saturated rings. The molecule has 0 aromatic carbocycles. The molecule has 0 heterocycles. The van der Waals surface area contributed by atoms with Crippen molar-refractivity contribution in [3.8, 4) is 0 Å². The lowest BCUT2D eigenvalue weighted by atomic mass is 10.1. The molecule has 0 bridgehead atoms. The Labute approximate surface area is 89.1 Å². The highest BCUT2D eigenvalue weighted by atomic mass is 32.1. The van der Waals surface area contributed by atoms with E-state index in [1.807, 2.05) is 0 Å². The van der Waals surface area contributed by atoms with Gasteiger partial charge in [0, 0.05) is 5.25 Å². The van der Waals surface area contributed by atoms with Gasteiger partial charge in [0.2, 0.25) is 0 Å². The van der Waals surface area contributed by atoms with Crippen LogP contribution in [0.5, 0.6) is 0 Å². The van der Waals surface area contributed by atoms with Crippen LogP contribution in [-0.4, -0.2) is 18.3 Å². The lowest BCUT2D eigenvalue weighted by molar-refractivity contribution is 0.580. The second kappa shape index (κ2) is 10.4. The largest absolute Gasteiger partial charge is 0.317 e. The smallest absolute Gasteiger partial charge is 0.00171 e. The van der Waals surface area contributed by atoms with Crippen molar-refractivity contribution < 1.29 is 0 Å². The highest BCUT2D eigenvalue weighted by molar-refractivity contribution is 7.80. The lowest BCUT2D eigenvalue weighted by Gasteiger charge is -2.09. The van der Waals surface area contributed by atoms with E-state index in [9.17, 15) is 0 Å². The van der Waals surface area contributed by atoms with Crippen LogP contribution in [0.2, 0.25) is 0 Å². The SMILES string of the molecule is CCCCNCCCC(S)CCC. The summed E-state index contributed by atoms with van der Waals surface area (Å²) in [7, 11) is 0. The molecule has 2 heteroatoms. The number of rotatable bonds is 9. The van der Waals surface area contributed by atoms with E-state index in [-0.39, 0.29) is 0 Å². The molecule has 1 unspecified atom stereocenters. The van der Waals surface area contributed by atoms with Crippen molar-refractivity contribution in [1.82, 2.24) is 5.32 Å². The first-order chi connectivity index (χ1) is 6.31. The maximum absolute atomic E-state index is 4.53. The molecule has 0 radical (unpaired) electrons. The number of thiol groups is 1. The summed E-state index contributed by atoms with van der Waals surface area (Å²) in [6.45, 7) is 6.80. The van der Waals surface area contributed by atoms with Gasteiger partial charge < -0.3 is 5.32 Å². The molecule has 1 nitrogen and oxygen atoms in total. The predicted octanol–water partition coefficient (Wildman–Crippen LogP) is 3.25. The van der Waals surface area contributed by atoms with E-state index in [4.69, 9.17) is 0 Å². The average molecular weight is 203 g/mol. The molecule has 0 rings (SSSR count). The Morgan fingerprint density at radius 3 is 2.31 bits per heavy atom. The Kier molecular flexibility index (Phi) is 10.6. The molecule has 0 aromatic heterocycles. The van der Waals surface area contributed by atoms with Gasteiger partial charge in [0.1, 0.15) is 0 Å². The van der Waals surface area contributed by atoms with Crippen molar-refractivity contribution in [3.63, 3.8) is 0 Å². The van der Waals surface area contributed by atoms with E-state index < -0.39 is 0 Å². The van der Waals surface area contributed by atoms with Crippen LogP contribution in [0.15, 0.2) is 0 Å². The summed E-state index contributed by atoms with van der Waals surface area (Å²) in [5, 5.41) is 4.07. The molecule has 0 aliphatic rings. The number of nitrogens with one attached hydrogen (secondary N) is 1. The number of hydrogen-bond donors (Lipinski definition) is 2. The van der Waals surface area contributed by atoms with Gasteiger partial charge in [-0.15, -0.1) is 0 Å². The Bertz CT molecular complexity index is 96.1. The molecule has 0 saturated heterocycles. The normalized spacial score (nSPS) is 13.2. The topological polar surface area (TPSA) is 12.0 Å². The summed E-state index contributed by atoms with van der Waals surface area (Å²) in [6, 6.07) is 0. The molecule has 0 aliphatic carbocycles. The first-order valence-corrected chi connectivity index (χ1v) is 6.21. The molecule has 0 aromatic rings. The third-order valence-electron chi connectivity index (χ3n) is 2.22. The summed E-state index contributed by atoms with van der Waals surface area (Å²) in [4.78, 5) is 0. The van der Waals surface area contributed by atoms with Crippen LogP contribution in [0.4, 0.5) is 0 Å². The van der Waals surface area contributed by atoms with Gasteiger partial charge in [0.15, 0.2) is 0 Å². The number of unbranched alkanes of at least 4 members (excludes halogenated alkanes) is 1. The summed E-state index contributed by atoms with van der Waals surface area (Å²) >= 11 is 4.53. The highest BCUT2D eigenvalue weighted by Crippen LogP contribution is 2.10. The van der Waals surface area contributed by atoms with Gasteiger partial charge in [-0.2, -0.15) is 12.6 Å². The zero-order valence-electron chi connectivity index (χ0n) is 9.18. The van der Waals surface area contributed by atoms with Gasteiger partial charge >= 0.3 is 0 Å². The molecule has 13 heavy (non-hydrogen) atoms. The fourth-order valence-electron chi connectivity index (χ4n) is 1.37. The van der Waals surface area contributed by atoms with E-state index >= 15 is 0 Å². The summed E-state index contributed by atoms with van der Waals surface area (Å²) in [6.07, 6.45) is 7.65. The van der Waals surface area contributed by atoms with Crippen LogP contribution >= 0.6 is 12.6 Å². The van der Waals surface area contributed by atoms with Gasteiger partial charge in [0.05, 0.1) is 0 Å². The van der Waals surface area contributed by atoms with Gasteiger partial charge in [-0.1, -0.05) is 26.7 Å². The predicted molar refractivity (Wildman–Crippen MR) is 64.7 cm³/mol. The fourth-order valence-corrected chi connectivity index (χ4v) is 1.81. The molecule has 80 valence electrons. The van der Waals surface area contributed by atoms with Crippen LogP contribution in [-0.2, 0) is 0 Å². The monoisotopic (exact) mass is 203 g/mol. The summed E-state index contributed by atoms with van der Waals surface area (Å²) < 4.78 is 0. The van der Waals surface area contributed by atoms with E-state index in [0.29, 0.717) is 5.25 Å². The fraction of sp³-hybridized carbons (Fsp3) is 1.00. The molecular formula is C11H25NS.